The van der Waals surface area contributed by atoms with Gasteiger partial charge in [-0.25, -0.2) is 9.59 Å². The number of benzene rings is 1. The summed E-state index contributed by atoms with van der Waals surface area (Å²) in [6.45, 7) is 7.27. The first-order valence-electron chi connectivity index (χ1n) is 13.4. The van der Waals surface area contributed by atoms with Crippen LogP contribution >= 0.6 is 0 Å². The van der Waals surface area contributed by atoms with E-state index in [1.54, 1.807) is 29.2 Å². The van der Waals surface area contributed by atoms with Gasteiger partial charge in [0.25, 0.3) is 0 Å². The lowest BCUT2D eigenvalue weighted by atomic mass is 9.87. The van der Waals surface area contributed by atoms with Crippen molar-refractivity contribution < 1.29 is 14.3 Å². The third-order valence-corrected chi connectivity index (χ3v) is 7.25. The second-order valence-electron chi connectivity index (χ2n) is 10.9. The van der Waals surface area contributed by atoms with Crippen LogP contribution in [0.1, 0.15) is 69.1 Å². The Hall–Kier alpha value is -3.74. The summed E-state index contributed by atoms with van der Waals surface area (Å²) in [5.41, 5.74) is 4.14. The van der Waals surface area contributed by atoms with Crippen molar-refractivity contribution in [3.63, 3.8) is 0 Å². The molecule has 0 N–H and O–H groups in total. The van der Waals surface area contributed by atoms with Crippen LogP contribution in [0.3, 0.4) is 0 Å². The second kappa shape index (κ2) is 12.2. The van der Waals surface area contributed by atoms with Gasteiger partial charge in [0, 0.05) is 50.0 Å². The molecule has 38 heavy (non-hydrogen) atoms. The Morgan fingerprint density at radius 2 is 1.63 bits per heavy atom. The van der Waals surface area contributed by atoms with Crippen molar-refractivity contribution in [1.29, 1.82) is 0 Å². The minimum Gasteiger partial charge on any atom is -0.464 e. The van der Waals surface area contributed by atoms with Gasteiger partial charge in [-0.3, -0.25) is 14.9 Å². The third kappa shape index (κ3) is 6.57. The molecule has 3 heterocycles. The van der Waals surface area contributed by atoms with Crippen molar-refractivity contribution >= 4 is 17.7 Å². The van der Waals surface area contributed by atoms with Crippen molar-refractivity contribution in [1.82, 2.24) is 14.9 Å². The van der Waals surface area contributed by atoms with Gasteiger partial charge in [0.2, 0.25) is 0 Å². The number of pyridine rings is 2. The molecular weight excluding hydrogens is 476 g/mol. The molecule has 200 valence electrons. The number of hydrogen-bond acceptors (Lipinski definition) is 5. The van der Waals surface area contributed by atoms with E-state index < -0.39 is 6.04 Å². The summed E-state index contributed by atoms with van der Waals surface area (Å²) in [7, 11) is 1.76. The van der Waals surface area contributed by atoms with E-state index in [9.17, 15) is 9.59 Å². The topological polar surface area (TPSA) is 75.6 Å². The number of aromatic nitrogens is 2. The van der Waals surface area contributed by atoms with E-state index in [1.165, 1.54) is 5.56 Å². The van der Waals surface area contributed by atoms with E-state index in [4.69, 9.17) is 4.74 Å². The molecule has 0 radical (unpaired) electrons. The molecule has 7 nitrogen and oxygen atoms in total. The monoisotopic (exact) mass is 514 g/mol. The van der Waals surface area contributed by atoms with E-state index in [0.29, 0.717) is 19.4 Å². The molecule has 0 unspecified atom stereocenters. The quantitative estimate of drug-likeness (QED) is 0.364. The number of amides is 2. The lowest BCUT2D eigenvalue weighted by molar-refractivity contribution is -0.150. The lowest BCUT2D eigenvalue weighted by Gasteiger charge is -2.36. The van der Waals surface area contributed by atoms with E-state index in [0.717, 1.165) is 29.7 Å². The number of rotatable bonds is 7. The Balaban J connectivity index is 1.41. The number of esters is 1. The van der Waals surface area contributed by atoms with Gasteiger partial charge >= 0.3 is 12.0 Å². The van der Waals surface area contributed by atoms with E-state index in [1.807, 2.05) is 48.8 Å². The molecule has 1 aromatic carbocycles. The molecule has 1 aliphatic heterocycles. The van der Waals surface area contributed by atoms with Crippen LogP contribution in [0.5, 0.6) is 0 Å². The second-order valence-corrected chi connectivity index (χ2v) is 10.9. The highest BCUT2D eigenvalue weighted by Gasteiger charge is 2.35. The Morgan fingerprint density at radius 1 is 1.00 bits per heavy atom. The highest BCUT2D eigenvalue weighted by Crippen LogP contribution is 2.28. The standard InChI is InChI=1S/C31H38N4O3/c1-31(2,3)25-12-14-26(15-13-25)34(4)30(37)35-19-6-5-11-28(35)29(36)38-20-16-27(23-9-7-17-32-21-23)24-10-8-18-33-22-24/h7-10,12-15,17-18,21-22,27-28H,5-6,11,16,19-20H2,1-4H3/t28-/m0/s1. The Morgan fingerprint density at radius 3 is 2.18 bits per heavy atom. The molecule has 1 atom stereocenters. The van der Waals surface area contributed by atoms with Crippen molar-refractivity contribution in [2.24, 2.45) is 0 Å². The van der Waals surface area contributed by atoms with E-state index >= 15 is 0 Å². The molecule has 0 bridgehead atoms. The number of carbonyl (C=O) groups excluding carboxylic acids is 2. The molecule has 0 spiro atoms. The van der Waals surface area contributed by atoms with Crippen LogP contribution in [0.25, 0.3) is 0 Å². The zero-order chi connectivity index (χ0) is 27.1. The van der Waals surface area contributed by atoms with Gasteiger partial charge in [0.15, 0.2) is 0 Å². The summed E-state index contributed by atoms with van der Waals surface area (Å²) in [6, 6.07) is 15.1. The first-order valence-corrected chi connectivity index (χ1v) is 13.4. The summed E-state index contributed by atoms with van der Waals surface area (Å²) in [5, 5.41) is 0. The minimum atomic E-state index is -0.581. The molecule has 2 aromatic heterocycles. The summed E-state index contributed by atoms with van der Waals surface area (Å²) < 4.78 is 5.78. The predicted octanol–water partition coefficient (Wildman–Crippen LogP) is 5.95. The maximum absolute atomic E-state index is 13.5. The SMILES string of the molecule is CN(C(=O)N1CCCC[C@H]1C(=O)OCCC(c1cccnc1)c1cccnc1)c1ccc(C(C)(C)C)cc1. The summed E-state index contributed by atoms with van der Waals surface area (Å²) in [4.78, 5) is 38.5. The predicted molar refractivity (Wildman–Crippen MR) is 149 cm³/mol. The molecule has 1 fully saturated rings. The lowest BCUT2D eigenvalue weighted by Crippen LogP contribution is -2.53. The summed E-state index contributed by atoms with van der Waals surface area (Å²) >= 11 is 0. The number of anilines is 1. The highest BCUT2D eigenvalue weighted by atomic mass is 16.5. The number of likely N-dealkylation sites (tertiary alicyclic amines) is 1. The zero-order valence-electron chi connectivity index (χ0n) is 22.8. The maximum atomic E-state index is 13.5. The van der Waals surface area contributed by atoms with Crippen LogP contribution in [0, 0.1) is 0 Å². The van der Waals surface area contributed by atoms with Gasteiger partial charge in [0.05, 0.1) is 6.61 Å². The van der Waals surface area contributed by atoms with Gasteiger partial charge < -0.3 is 9.64 Å². The van der Waals surface area contributed by atoms with Crippen LogP contribution in [-0.4, -0.2) is 53.1 Å². The van der Waals surface area contributed by atoms with E-state index in [-0.39, 0.29) is 29.9 Å². The molecule has 0 aliphatic carbocycles. The smallest absolute Gasteiger partial charge is 0.328 e. The first-order chi connectivity index (χ1) is 18.3. The molecule has 4 rings (SSSR count). The van der Waals surface area contributed by atoms with Gasteiger partial charge in [0.1, 0.15) is 6.04 Å². The highest BCUT2D eigenvalue weighted by molar-refractivity contribution is 5.94. The fourth-order valence-corrected chi connectivity index (χ4v) is 4.96. The average molecular weight is 515 g/mol. The van der Waals surface area contributed by atoms with Gasteiger partial charge in [-0.15, -0.1) is 0 Å². The van der Waals surface area contributed by atoms with Gasteiger partial charge in [-0.05, 0) is 72.1 Å². The van der Waals surface area contributed by atoms with Crippen molar-refractivity contribution in [2.75, 3.05) is 25.1 Å². The number of ether oxygens (including phenoxy) is 1. The fourth-order valence-electron chi connectivity index (χ4n) is 4.96. The Kier molecular flexibility index (Phi) is 8.77. The zero-order valence-corrected chi connectivity index (χ0v) is 22.8. The summed E-state index contributed by atoms with van der Waals surface area (Å²) in [5.74, 6) is -0.331. The number of hydrogen-bond donors (Lipinski definition) is 0. The van der Waals surface area contributed by atoms with Gasteiger partial charge in [-0.1, -0.05) is 45.0 Å². The minimum absolute atomic E-state index is 0.0106. The molecule has 0 saturated carbocycles. The molecular formula is C31H38N4O3. The largest absolute Gasteiger partial charge is 0.464 e. The fraction of sp³-hybridized carbons (Fsp3) is 0.419. The van der Waals surface area contributed by atoms with Crippen molar-refractivity contribution in [3.05, 3.63) is 90.0 Å². The van der Waals surface area contributed by atoms with Crippen molar-refractivity contribution in [2.45, 2.75) is 63.8 Å². The molecule has 1 aliphatic rings. The van der Waals surface area contributed by atoms with Crippen LogP contribution in [0.15, 0.2) is 73.3 Å². The van der Waals surface area contributed by atoms with Crippen LogP contribution < -0.4 is 4.90 Å². The molecule has 3 aromatic rings. The maximum Gasteiger partial charge on any atom is 0.328 e. The van der Waals surface area contributed by atoms with Crippen molar-refractivity contribution in [3.8, 4) is 0 Å². The molecule has 1 saturated heterocycles. The average Bonchev–Trinajstić information content (AvgIpc) is 2.95. The first kappa shape index (κ1) is 27.3. The third-order valence-electron chi connectivity index (χ3n) is 7.25. The van der Waals surface area contributed by atoms with Gasteiger partial charge in [-0.2, -0.15) is 0 Å². The van der Waals surface area contributed by atoms with Crippen LogP contribution in [0.2, 0.25) is 0 Å². The Labute approximate surface area is 225 Å². The number of carbonyl (C=O) groups is 2. The number of nitrogens with zero attached hydrogens (tertiary/aromatic N) is 4. The molecule has 2 amide bonds. The summed E-state index contributed by atoms with van der Waals surface area (Å²) in [6.07, 6.45) is 10.1. The normalized spacial score (nSPS) is 15.8. The number of piperidine rings is 1. The number of urea groups is 1. The Bertz CT molecular complexity index is 1150. The van der Waals surface area contributed by atoms with Crippen LogP contribution in [-0.2, 0) is 14.9 Å². The molecule has 7 heteroatoms. The van der Waals surface area contributed by atoms with E-state index in [2.05, 4.69) is 42.9 Å². The van der Waals surface area contributed by atoms with Crippen LogP contribution in [0.4, 0.5) is 10.5 Å².